The lowest BCUT2D eigenvalue weighted by Gasteiger charge is -2.26. The van der Waals surface area contributed by atoms with Gasteiger partial charge in [-0.25, -0.2) is 9.69 Å². The van der Waals surface area contributed by atoms with Crippen LogP contribution in [-0.4, -0.2) is 17.8 Å². The molecule has 4 amide bonds. The molecule has 0 radical (unpaired) electrons. The maximum absolute atomic E-state index is 13.0. The third-order valence-electron chi connectivity index (χ3n) is 5.35. The van der Waals surface area contributed by atoms with E-state index < -0.39 is 17.8 Å². The molecule has 1 aliphatic rings. The van der Waals surface area contributed by atoms with Gasteiger partial charge < -0.3 is 0 Å². The highest BCUT2D eigenvalue weighted by molar-refractivity contribution is 6.39. The number of amides is 4. The number of hydrogen-bond donors (Lipinski definition) is 1. The Bertz CT molecular complexity index is 1210. The predicted molar refractivity (Wildman–Crippen MR) is 126 cm³/mol. The molecule has 1 aliphatic heterocycles. The fourth-order valence-electron chi connectivity index (χ4n) is 3.53. The molecule has 0 aromatic heterocycles. The Hall–Kier alpha value is -3.70. The number of anilines is 1. The van der Waals surface area contributed by atoms with Crippen LogP contribution < -0.4 is 10.2 Å². The molecule has 1 saturated heterocycles. The van der Waals surface area contributed by atoms with Crippen LogP contribution in [-0.2, 0) is 22.4 Å². The number of carbonyl (C=O) groups excluding carboxylic acids is 3. The molecule has 3 aromatic carbocycles. The van der Waals surface area contributed by atoms with E-state index in [1.165, 1.54) is 6.08 Å². The largest absolute Gasteiger partial charge is 0.335 e. The SMILES string of the molecule is CCc1ccc(N2C(=O)NC(=O)/C(=C\c3ccc(Cc4ccccc4Cl)cc3)C2=O)cc1. The molecule has 0 bridgehead atoms. The number of barbiturate groups is 1. The first-order valence-electron chi connectivity index (χ1n) is 10.3. The van der Waals surface area contributed by atoms with Crippen LogP contribution in [0.25, 0.3) is 6.08 Å². The van der Waals surface area contributed by atoms with E-state index in [2.05, 4.69) is 5.32 Å². The summed E-state index contributed by atoms with van der Waals surface area (Å²) in [6.07, 6.45) is 3.01. The number of rotatable bonds is 5. The highest BCUT2D eigenvalue weighted by atomic mass is 35.5. The normalized spacial score (nSPS) is 15.2. The predicted octanol–water partition coefficient (Wildman–Crippen LogP) is 5.16. The van der Waals surface area contributed by atoms with Gasteiger partial charge >= 0.3 is 6.03 Å². The van der Waals surface area contributed by atoms with Crippen molar-refractivity contribution in [3.05, 3.63) is 106 Å². The Morgan fingerprint density at radius 2 is 1.53 bits per heavy atom. The van der Waals surface area contributed by atoms with Crippen LogP contribution in [0.3, 0.4) is 0 Å². The van der Waals surface area contributed by atoms with E-state index in [0.29, 0.717) is 22.7 Å². The fraction of sp³-hybridized carbons (Fsp3) is 0.115. The Balaban J connectivity index is 1.57. The van der Waals surface area contributed by atoms with Gasteiger partial charge in [-0.15, -0.1) is 0 Å². The summed E-state index contributed by atoms with van der Waals surface area (Å²) in [5, 5.41) is 2.96. The van der Waals surface area contributed by atoms with Crippen molar-refractivity contribution in [2.24, 2.45) is 0 Å². The van der Waals surface area contributed by atoms with Gasteiger partial charge in [-0.2, -0.15) is 0 Å². The lowest BCUT2D eigenvalue weighted by molar-refractivity contribution is -0.122. The van der Waals surface area contributed by atoms with Crippen LogP contribution in [0.1, 0.15) is 29.2 Å². The van der Waals surface area contributed by atoms with Crippen molar-refractivity contribution in [2.75, 3.05) is 4.90 Å². The third-order valence-corrected chi connectivity index (χ3v) is 5.72. The van der Waals surface area contributed by atoms with Gasteiger partial charge in [0.05, 0.1) is 5.69 Å². The van der Waals surface area contributed by atoms with Crippen LogP contribution in [0.4, 0.5) is 10.5 Å². The van der Waals surface area contributed by atoms with Gasteiger partial charge in [0, 0.05) is 5.02 Å². The maximum Gasteiger partial charge on any atom is 0.335 e. The first-order valence-corrected chi connectivity index (χ1v) is 10.7. The molecule has 32 heavy (non-hydrogen) atoms. The second kappa shape index (κ2) is 9.20. The molecule has 0 saturated carbocycles. The number of carbonyl (C=O) groups is 3. The van der Waals surface area contributed by atoms with Crippen molar-refractivity contribution in [1.29, 1.82) is 0 Å². The summed E-state index contributed by atoms with van der Waals surface area (Å²) in [5.41, 5.74) is 4.16. The van der Waals surface area contributed by atoms with Crippen molar-refractivity contribution >= 4 is 41.2 Å². The molecular formula is C26H21ClN2O3. The van der Waals surface area contributed by atoms with Crippen molar-refractivity contribution in [2.45, 2.75) is 19.8 Å². The highest BCUT2D eigenvalue weighted by Gasteiger charge is 2.36. The summed E-state index contributed by atoms with van der Waals surface area (Å²) < 4.78 is 0. The number of nitrogens with one attached hydrogen (secondary N) is 1. The lowest BCUT2D eigenvalue weighted by atomic mass is 10.0. The van der Waals surface area contributed by atoms with Gasteiger partial charge in [-0.1, -0.05) is 73.1 Å². The number of imide groups is 2. The van der Waals surface area contributed by atoms with Gasteiger partial charge in [-0.3, -0.25) is 14.9 Å². The highest BCUT2D eigenvalue weighted by Crippen LogP contribution is 2.23. The number of aryl methyl sites for hydroxylation is 1. The summed E-state index contributed by atoms with van der Waals surface area (Å²) in [5.74, 6) is -1.36. The van der Waals surface area contributed by atoms with E-state index in [9.17, 15) is 14.4 Å². The minimum Gasteiger partial charge on any atom is -0.273 e. The standard InChI is InChI=1S/C26H21ClN2O3/c1-2-17-11-13-21(14-12-17)29-25(31)22(24(30)28-26(29)32)16-19-9-7-18(8-10-19)15-20-5-3-4-6-23(20)27/h3-14,16H,2,15H2,1H3,(H,28,30,32)/b22-16+. The zero-order valence-electron chi connectivity index (χ0n) is 17.5. The summed E-state index contributed by atoms with van der Waals surface area (Å²) in [6.45, 7) is 2.02. The summed E-state index contributed by atoms with van der Waals surface area (Å²) >= 11 is 6.24. The molecule has 1 fully saturated rings. The number of urea groups is 1. The Morgan fingerprint density at radius 3 is 2.19 bits per heavy atom. The Kier molecular flexibility index (Phi) is 6.19. The van der Waals surface area contributed by atoms with Crippen molar-refractivity contribution in [3.63, 3.8) is 0 Å². The van der Waals surface area contributed by atoms with E-state index in [0.717, 1.165) is 28.0 Å². The smallest absolute Gasteiger partial charge is 0.273 e. The molecule has 5 nitrogen and oxygen atoms in total. The zero-order valence-corrected chi connectivity index (χ0v) is 18.2. The summed E-state index contributed by atoms with van der Waals surface area (Å²) in [7, 11) is 0. The number of nitrogens with zero attached hydrogens (tertiary/aromatic N) is 1. The molecule has 4 rings (SSSR count). The minimum absolute atomic E-state index is 0.0944. The molecule has 160 valence electrons. The molecule has 6 heteroatoms. The quantitative estimate of drug-likeness (QED) is 0.436. The zero-order chi connectivity index (χ0) is 22.7. The first kappa shape index (κ1) is 21.5. The van der Waals surface area contributed by atoms with E-state index in [-0.39, 0.29) is 5.57 Å². The average Bonchev–Trinajstić information content (AvgIpc) is 2.79. The monoisotopic (exact) mass is 444 g/mol. The summed E-state index contributed by atoms with van der Waals surface area (Å²) in [6, 6.07) is 21.5. The van der Waals surface area contributed by atoms with Crippen LogP contribution >= 0.6 is 11.6 Å². The maximum atomic E-state index is 13.0. The van der Waals surface area contributed by atoms with E-state index >= 15 is 0 Å². The summed E-state index contributed by atoms with van der Waals surface area (Å²) in [4.78, 5) is 38.7. The van der Waals surface area contributed by atoms with Crippen molar-refractivity contribution in [3.8, 4) is 0 Å². The average molecular weight is 445 g/mol. The molecule has 0 unspecified atom stereocenters. The third kappa shape index (κ3) is 4.48. The fourth-order valence-corrected chi connectivity index (χ4v) is 3.74. The molecular weight excluding hydrogens is 424 g/mol. The van der Waals surface area contributed by atoms with Gasteiger partial charge in [0.25, 0.3) is 11.8 Å². The van der Waals surface area contributed by atoms with E-state index in [1.807, 2.05) is 67.6 Å². The van der Waals surface area contributed by atoms with Gasteiger partial charge in [-0.05, 0) is 59.4 Å². The van der Waals surface area contributed by atoms with Crippen LogP contribution in [0.15, 0.2) is 78.4 Å². The molecule has 1 N–H and O–H groups in total. The molecule has 3 aromatic rings. The molecule has 0 aliphatic carbocycles. The van der Waals surface area contributed by atoms with Crippen molar-refractivity contribution < 1.29 is 14.4 Å². The second-order valence-electron chi connectivity index (χ2n) is 7.49. The van der Waals surface area contributed by atoms with Gasteiger partial charge in [0.2, 0.25) is 0 Å². The second-order valence-corrected chi connectivity index (χ2v) is 7.89. The van der Waals surface area contributed by atoms with Gasteiger partial charge in [0.15, 0.2) is 0 Å². The molecule has 0 atom stereocenters. The van der Waals surface area contributed by atoms with E-state index in [1.54, 1.807) is 12.1 Å². The first-order chi connectivity index (χ1) is 15.5. The van der Waals surface area contributed by atoms with Gasteiger partial charge in [0.1, 0.15) is 5.57 Å². The molecule has 1 heterocycles. The minimum atomic E-state index is -0.753. The lowest BCUT2D eigenvalue weighted by Crippen LogP contribution is -2.54. The number of halogens is 1. The van der Waals surface area contributed by atoms with Crippen LogP contribution in [0.2, 0.25) is 5.02 Å². The Morgan fingerprint density at radius 1 is 0.875 bits per heavy atom. The Labute approximate surface area is 191 Å². The van der Waals surface area contributed by atoms with E-state index in [4.69, 9.17) is 11.6 Å². The van der Waals surface area contributed by atoms with Crippen LogP contribution in [0, 0.1) is 0 Å². The number of benzene rings is 3. The topological polar surface area (TPSA) is 66.5 Å². The molecule has 0 spiro atoms. The van der Waals surface area contributed by atoms with Crippen molar-refractivity contribution in [1.82, 2.24) is 5.32 Å². The number of hydrogen-bond acceptors (Lipinski definition) is 3. The van der Waals surface area contributed by atoms with Crippen LogP contribution in [0.5, 0.6) is 0 Å².